The van der Waals surface area contributed by atoms with Gasteiger partial charge in [-0.2, -0.15) is 0 Å². The number of benzene rings is 2. The van der Waals surface area contributed by atoms with E-state index in [0.717, 1.165) is 5.56 Å². The standard InChI is InChI=1S/C21H21ClN2O5/c1-28-18-5-3-2-4-17(18)24-12-15(10-20(24)26)21(27)29-13-19(25)23-11-14-6-8-16(22)9-7-14/h2-9,15H,10-13H2,1H3,(H,23,25)/t15-/m1/s1. The van der Waals surface area contributed by atoms with E-state index in [9.17, 15) is 14.4 Å². The van der Waals surface area contributed by atoms with Crippen molar-refractivity contribution in [2.24, 2.45) is 5.92 Å². The Bertz CT molecular complexity index is 900. The second kappa shape index (κ2) is 9.43. The van der Waals surface area contributed by atoms with Gasteiger partial charge in [0, 0.05) is 24.5 Å². The van der Waals surface area contributed by atoms with Crippen LogP contribution in [-0.2, 0) is 25.7 Å². The Labute approximate surface area is 173 Å². The lowest BCUT2D eigenvalue weighted by Gasteiger charge is -2.19. The predicted octanol–water partition coefficient (Wildman–Crippen LogP) is 2.56. The number of carbonyl (C=O) groups excluding carboxylic acids is 3. The summed E-state index contributed by atoms with van der Waals surface area (Å²) in [5.74, 6) is -1.26. The lowest BCUT2D eigenvalue weighted by atomic mass is 10.1. The SMILES string of the molecule is COc1ccccc1N1C[C@H](C(=O)OCC(=O)NCc2ccc(Cl)cc2)CC1=O. The Morgan fingerprint density at radius 2 is 1.90 bits per heavy atom. The highest BCUT2D eigenvalue weighted by Crippen LogP contribution is 2.33. The predicted molar refractivity (Wildman–Crippen MR) is 108 cm³/mol. The number of carbonyl (C=O) groups is 3. The van der Waals surface area contributed by atoms with Crippen molar-refractivity contribution < 1.29 is 23.9 Å². The maximum Gasteiger partial charge on any atom is 0.311 e. The first-order chi connectivity index (χ1) is 14.0. The Hall–Kier alpha value is -3.06. The van der Waals surface area contributed by atoms with E-state index in [2.05, 4.69) is 5.32 Å². The van der Waals surface area contributed by atoms with Gasteiger partial charge in [-0.25, -0.2) is 0 Å². The van der Waals surface area contributed by atoms with Gasteiger partial charge in [0.05, 0.1) is 18.7 Å². The molecule has 0 aromatic heterocycles. The average molecular weight is 417 g/mol. The van der Waals surface area contributed by atoms with E-state index < -0.39 is 24.4 Å². The van der Waals surface area contributed by atoms with Gasteiger partial charge in [0.25, 0.3) is 5.91 Å². The molecule has 2 aromatic rings. The smallest absolute Gasteiger partial charge is 0.311 e. The van der Waals surface area contributed by atoms with E-state index in [0.29, 0.717) is 23.0 Å². The molecular weight excluding hydrogens is 396 g/mol. The summed E-state index contributed by atoms with van der Waals surface area (Å²) < 4.78 is 10.4. The molecule has 0 aliphatic carbocycles. The lowest BCUT2D eigenvalue weighted by Crippen LogP contribution is -2.31. The molecule has 1 fully saturated rings. The van der Waals surface area contributed by atoms with Crippen molar-refractivity contribution in [2.45, 2.75) is 13.0 Å². The first-order valence-electron chi connectivity index (χ1n) is 9.09. The van der Waals surface area contributed by atoms with Crippen LogP contribution in [0.3, 0.4) is 0 Å². The number of rotatable bonds is 7. The molecule has 7 nitrogen and oxygen atoms in total. The second-order valence-corrected chi connectivity index (χ2v) is 7.02. The van der Waals surface area contributed by atoms with Crippen LogP contribution in [0.25, 0.3) is 0 Å². The second-order valence-electron chi connectivity index (χ2n) is 6.59. The third-order valence-corrected chi connectivity index (χ3v) is 4.83. The summed E-state index contributed by atoms with van der Waals surface area (Å²) in [5.41, 5.74) is 1.49. The molecule has 1 N–H and O–H groups in total. The van der Waals surface area contributed by atoms with E-state index in [1.165, 1.54) is 12.0 Å². The van der Waals surface area contributed by atoms with Gasteiger partial charge in [0.2, 0.25) is 5.91 Å². The number of methoxy groups -OCH3 is 1. The van der Waals surface area contributed by atoms with Crippen molar-refractivity contribution in [3.8, 4) is 5.75 Å². The van der Waals surface area contributed by atoms with Crippen LogP contribution in [0, 0.1) is 5.92 Å². The molecule has 2 amide bonds. The Morgan fingerprint density at radius 1 is 1.17 bits per heavy atom. The van der Waals surface area contributed by atoms with Crippen molar-refractivity contribution >= 4 is 35.1 Å². The molecule has 3 rings (SSSR count). The number of esters is 1. The number of hydrogen-bond donors (Lipinski definition) is 1. The van der Waals surface area contributed by atoms with E-state index in [1.54, 1.807) is 48.5 Å². The molecular formula is C21H21ClN2O5. The summed E-state index contributed by atoms with van der Waals surface area (Å²) in [4.78, 5) is 38.1. The van der Waals surface area contributed by atoms with Crippen LogP contribution in [0.5, 0.6) is 5.75 Å². The molecule has 8 heteroatoms. The van der Waals surface area contributed by atoms with Crippen molar-refractivity contribution in [3.05, 3.63) is 59.1 Å². The van der Waals surface area contributed by atoms with Gasteiger partial charge in [-0.15, -0.1) is 0 Å². The fourth-order valence-corrected chi connectivity index (χ4v) is 3.19. The molecule has 0 saturated carbocycles. The topological polar surface area (TPSA) is 84.9 Å². The third kappa shape index (κ3) is 5.26. The highest BCUT2D eigenvalue weighted by atomic mass is 35.5. The van der Waals surface area contributed by atoms with Gasteiger partial charge in [-0.1, -0.05) is 35.9 Å². The minimum Gasteiger partial charge on any atom is -0.495 e. The summed E-state index contributed by atoms with van der Waals surface area (Å²) in [7, 11) is 1.52. The summed E-state index contributed by atoms with van der Waals surface area (Å²) in [6.07, 6.45) is 0.0310. The summed E-state index contributed by atoms with van der Waals surface area (Å²) in [5, 5.41) is 3.28. The molecule has 152 valence electrons. The Morgan fingerprint density at radius 3 is 2.62 bits per heavy atom. The van der Waals surface area contributed by atoms with Crippen LogP contribution < -0.4 is 15.0 Å². The zero-order valence-electron chi connectivity index (χ0n) is 15.9. The number of halogens is 1. The summed E-state index contributed by atoms with van der Waals surface area (Å²) >= 11 is 5.82. The average Bonchev–Trinajstić information content (AvgIpc) is 3.13. The van der Waals surface area contributed by atoms with Gasteiger partial charge in [-0.3, -0.25) is 14.4 Å². The fourth-order valence-electron chi connectivity index (χ4n) is 3.06. The minimum absolute atomic E-state index is 0.0310. The molecule has 1 atom stereocenters. The molecule has 1 heterocycles. The van der Waals surface area contributed by atoms with Crippen LogP contribution in [0.2, 0.25) is 5.02 Å². The molecule has 0 spiro atoms. The summed E-state index contributed by atoms with van der Waals surface area (Å²) in [6, 6.07) is 14.2. The molecule has 2 aromatic carbocycles. The molecule has 29 heavy (non-hydrogen) atoms. The zero-order valence-corrected chi connectivity index (χ0v) is 16.6. The minimum atomic E-state index is -0.628. The largest absolute Gasteiger partial charge is 0.495 e. The summed E-state index contributed by atoms with van der Waals surface area (Å²) in [6.45, 7) is 0.0905. The van der Waals surface area contributed by atoms with Gasteiger partial charge < -0.3 is 19.7 Å². The zero-order chi connectivity index (χ0) is 20.8. The highest BCUT2D eigenvalue weighted by Gasteiger charge is 2.37. The number of amides is 2. The first-order valence-corrected chi connectivity index (χ1v) is 9.47. The van der Waals surface area contributed by atoms with Crippen LogP contribution in [-0.4, -0.2) is 38.0 Å². The number of nitrogens with zero attached hydrogens (tertiary/aromatic N) is 1. The maximum atomic E-state index is 12.4. The first kappa shape index (κ1) is 20.7. The number of ether oxygens (including phenoxy) is 2. The van der Waals surface area contributed by atoms with E-state index >= 15 is 0 Å². The fraction of sp³-hybridized carbons (Fsp3) is 0.286. The molecule has 0 radical (unpaired) electrons. The third-order valence-electron chi connectivity index (χ3n) is 4.58. The molecule has 1 aliphatic heterocycles. The molecule has 0 bridgehead atoms. The van der Waals surface area contributed by atoms with Gasteiger partial charge >= 0.3 is 5.97 Å². The van der Waals surface area contributed by atoms with Crippen molar-refractivity contribution in [3.63, 3.8) is 0 Å². The van der Waals surface area contributed by atoms with Gasteiger partial charge in [-0.05, 0) is 29.8 Å². The maximum absolute atomic E-state index is 12.4. The van der Waals surface area contributed by atoms with Crippen molar-refractivity contribution in [1.29, 1.82) is 0 Å². The number of hydrogen-bond acceptors (Lipinski definition) is 5. The molecule has 0 unspecified atom stereocenters. The molecule has 1 saturated heterocycles. The van der Waals surface area contributed by atoms with Crippen LogP contribution in [0.15, 0.2) is 48.5 Å². The van der Waals surface area contributed by atoms with E-state index in [1.807, 2.05) is 0 Å². The lowest BCUT2D eigenvalue weighted by molar-refractivity contribution is -0.152. The van der Waals surface area contributed by atoms with E-state index in [4.69, 9.17) is 21.1 Å². The van der Waals surface area contributed by atoms with Crippen LogP contribution >= 0.6 is 11.6 Å². The number of anilines is 1. The monoisotopic (exact) mass is 416 g/mol. The normalized spacial score (nSPS) is 15.9. The van der Waals surface area contributed by atoms with Gasteiger partial charge in [0.1, 0.15) is 5.75 Å². The Kier molecular flexibility index (Phi) is 6.72. The quantitative estimate of drug-likeness (QED) is 0.701. The van der Waals surface area contributed by atoms with Gasteiger partial charge in [0.15, 0.2) is 6.61 Å². The van der Waals surface area contributed by atoms with Crippen LogP contribution in [0.1, 0.15) is 12.0 Å². The van der Waals surface area contributed by atoms with Crippen molar-refractivity contribution in [2.75, 3.05) is 25.2 Å². The Balaban J connectivity index is 1.49. The number of para-hydroxylation sites is 2. The molecule has 1 aliphatic rings. The number of nitrogens with one attached hydrogen (secondary N) is 1. The van der Waals surface area contributed by atoms with Crippen LogP contribution in [0.4, 0.5) is 5.69 Å². The highest BCUT2D eigenvalue weighted by molar-refractivity contribution is 6.30. The van der Waals surface area contributed by atoms with E-state index in [-0.39, 0.29) is 18.9 Å². The van der Waals surface area contributed by atoms with Crippen molar-refractivity contribution in [1.82, 2.24) is 5.32 Å².